The predicted molar refractivity (Wildman–Crippen MR) is 135 cm³/mol. The van der Waals surface area contributed by atoms with E-state index in [9.17, 15) is 14.7 Å². The molecule has 5 nitrogen and oxygen atoms in total. The third-order valence-corrected chi connectivity index (χ3v) is 7.36. The van der Waals surface area contributed by atoms with Crippen molar-refractivity contribution in [3.8, 4) is 0 Å². The molecule has 4 rings (SSSR count). The van der Waals surface area contributed by atoms with Gasteiger partial charge in [0.15, 0.2) is 0 Å². The summed E-state index contributed by atoms with van der Waals surface area (Å²) in [6, 6.07) is 18.1. The highest BCUT2D eigenvalue weighted by atomic mass is 16.5. The zero-order valence-electron chi connectivity index (χ0n) is 20.4. The van der Waals surface area contributed by atoms with Gasteiger partial charge in [0.2, 0.25) is 0 Å². The molecule has 0 unspecified atom stereocenters. The topological polar surface area (TPSA) is 72.8 Å². The van der Waals surface area contributed by atoms with Crippen LogP contribution >= 0.6 is 0 Å². The van der Waals surface area contributed by atoms with Crippen LogP contribution < -0.4 is 0 Å². The Morgan fingerprint density at radius 3 is 2.26 bits per heavy atom. The van der Waals surface area contributed by atoms with Crippen LogP contribution in [-0.2, 0) is 9.47 Å². The van der Waals surface area contributed by atoms with Crippen molar-refractivity contribution >= 4 is 11.9 Å². The largest absolute Gasteiger partial charge is 0.458 e. The Morgan fingerprint density at radius 2 is 1.60 bits per heavy atom. The molecule has 1 N–H and O–H groups in total. The molecule has 0 aliphatic heterocycles. The van der Waals surface area contributed by atoms with Crippen molar-refractivity contribution in [2.75, 3.05) is 0 Å². The summed E-state index contributed by atoms with van der Waals surface area (Å²) in [6.45, 7) is 2.15. The number of ether oxygens (including phenoxy) is 2. The molecule has 0 aromatic heterocycles. The van der Waals surface area contributed by atoms with E-state index in [1.54, 1.807) is 24.3 Å². The number of rotatable bonds is 10. The lowest BCUT2D eigenvalue weighted by Gasteiger charge is -2.23. The second-order valence-electron chi connectivity index (χ2n) is 9.86. The molecule has 2 aromatic rings. The third-order valence-electron chi connectivity index (χ3n) is 7.36. The van der Waals surface area contributed by atoms with Crippen molar-refractivity contribution in [1.82, 2.24) is 0 Å². The molecular formula is C30H36O5. The second kappa shape index (κ2) is 12.2. The van der Waals surface area contributed by atoms with Crippen molar-refractivity contribution in [2.45, 2.75) is 70.2 Å². The fourth-order valence-corrected chi connectivity index (χ4v) is 5.60. The average Bonchev–Trinajstić information content (AvgIpc) is 3.38. The van der Waals surface area contributed by atoms with Crippen LogP contribution in [0.25, 0.3) is 0 Å². The highest BCUT2D eigenvalue weighted by Crippen LogP contribution is 2.49. The summed E-state index contributed by atoms with van der Waals surface area (Å²) in [5.41, 5.74) is 1.08. The number of aliphatic hydroxyl groups excluding tert-OH is 1. The van der Waals surface area contributed by atoms with E-state index in [1.165, 1.54) is 0 Å². The number of benzene rings is 2. The van der Waals surface area contributed by atoms with E-state index in [2.05, 4.69) is 13.0 Å². The van der Waals surface area contributed by atoms with Gasteiger partial charge in [0.25, 0.3) is 0 Å². The first-order valence-corrected chi connectivity index (χ1v) is 12.9. The minimum Gasteiger partial charge on any atom is -0.458 e. The second-order valence-corrected chi connectivity index (χ2v) is 9.86. The lowest BCUT2D eigenvalue weighted by Crippen LogP contribution is -2.25. The van der Waals surface area contributed by atoms with Gasteiger partial charge in [0.05, 0.1) is 17.2 Å². The van der Waals surface area contributed by atoms with Crippen LogP contribution in [0.1, 0.15) is 72.6 Å². The lowest BCUT2D eigenvalue weighted by atomic mass is 9.90. The van der Waals surface area contributed by atoms with Crippen LogP contribution in [0.4, 0.5) is 0 Å². The fraction of sp³-hybridized carbons (Fsp3) is 0.467. The molecule has 0 bridgehead atoms. The zero-order chi connectivity index (χ0) is 24.6. The van der Waals surface area contributed by atoms with E-state index in [0.29, 0.717) is 23.5 Å². The normalized spacial score (nSPS) is 26.4. The Bertz CT molecular complexity index is 986. The Morgan fingerprint density at radius 1 is 0.943 bits per heavy atom. The van der Waals surface area contributed by atoms with E-state index in [-0.39, 0.29) is 42.1 Å². The molecule has 2 saturated carbocycles. The highest BCUT2D eigenvalue weighted by molar-refractivity contribution is 5.90. The van der Waals surface area contributed by atoms with Crippen LogP contribution in [0.2, 0.25) is 0 Å². The number of hydrogen-bond acceptors (Lipinski definition) is 5. The zero-order valence-corrected chi connectivity index (χ0v) is 20.4. The smallest absolute Gasteiger partial charge is 0.338 e. The summed E-state index contributed by atoms with van der Waals surface area (Å²) >= 11 is 0. The Labute approximate surface area is 208 Å². The van der Waals surface area contributed by atoms with Crippen molar-refractivity contribution < 1.29 is 24.2 Å². The summed E-state index contributed by atoms with van der Waals surface area (Å²) in [7, 11) is 0. The Balaban J connectivity index is 1.49. The minimum absolute atomic E-state index is 0.00563. The summed E-state index contributed by atoms with van der Waals surface area (Å²) in [5.74, 6) is -0.0580. The number of unbranched alkanes of at least 4 members (excludes halogenated alkanes) is 2. The van der Waals surface area contributed by atoms with Gasteiger partial charge in [0.1, 0.15) is 12.2 Å². The number of carbonyl (C=O) groups is 2. The first-order chi connectivity index (χ1) is 17.0. The molecule has 6 atom stereocenters. The molecule has 0 saturated heterocycles. The number of aliphatic hydroxyl groups is 1. The van der Waals surface area contributed by atoms with Crippen LogP contribution in [0, 0.1) is 17.8 Å². The SMILES string of the molecule is CCCCC[C@@H](/C=C/[C@@H]1[C@H]2C[C@@H](O)C[C@H]2C[C@H]1OC(=O)c1ccccc1)OC(=O)c1ccccc1. The monoisotopic (exact) mass is 476 g/mol. The predicted octanol–water partition coefficient (Wildman–Crippen LogP) is 5.98. The molecule has 5 heteroatoms. The summed E-state index contributed by atoms with van der Waals surface area (Å²) < 4.78 is 11.9. The van der Waals surface area contributed by atoms with Crippen molar-refractivity contribution in [2.24, 2.45) is 17.8 Å². The molecule has 0 amide bonds. The molecule has 0 radical (unpaired) electrons. The van der Waals surface area contributed by atoms with Gasteiger partial charge >= 0.3 is 11.9 Å². The van der Waals surface area contributed by atoms with Gasteiger partial charge in [-0.05, 0) is 74.3 Å². The van der Waals surface area contributed by atoms with Gasteiger partial charge in [-0.1, -0.05) is 62.2 Å². The first kappa shape index (κ1) is 25.2. The van der Waals surface area contributed by atoms with Crippen molar-refractivity contribution in [1.29, 1.82) is 0 Å². The number of fused-ring (bicyclic) bond motifs is 1. The van der Waals surface area contributed by atoms with Crippen LogP contribution in [0.15, 0.2) is 72.8 Å². The maximum atomic E-state index is 12.8. The Hall–Kier alpha value is -2.92. The molecule has 0 heterocycles. The molecule has 2 aliphatic carbocycles. The quantitative estimate of drug-likeness (QED) is 0.259. The van der Waals surface area contributed by atoms with Gasteiger partial charge in [-0.15, -0.1) is 0 Å². The van der Waals surface area contributed by atoms with Crippen LogP contribution in [-0.4, -0.2) is 35.4 Å². The summed E-state index contributed by atoms with van der Waals surface area (Å²) in [4.78, 5) is 25.5. The average molecular weight is 477 g/mol. The molecule has 2 fully saturated rings. The molecule has 0 spiro atoms. The number of carbonyl (C=O) groups excluding carboxylic acids is 2. The lowest BCUT2D eigenvalue weighted by molar-refractivity contribution is 0.0205. The standard InChI is InChI=1S/C30H36O5/c1-2-3-6-15-25(34-29(32)21-11-7-4-8-12-21)16-17-26-27-20-24(31)18-23(27)19-28(26)35-30(33)22-13-9-5-10-14-22/h4-5,7-14,16-17,23-28,31H,2-3,6,15,18-20H2,1H3/b17-16+/t23-,24-,25-,26+,27-,28+/m0/s1. The molecule has 35 heavy (non-hydrogen) atoms. The molecule has 186 valence electrons. The summed E-state index contributed by atoms with van der Waals surface area (Å²) in [6.07, 6.45) is 9.26. The molecule has 2 aliphatic rings. The fourth-order valence-electron chi connectivity index (χ4n) is 5.60. The van der Waals surface area contributed by atoms with Gasteiger partial charge in [-0.3, -0.25) is 0 Å². The highest BCUT2D eigenvalue weighted by Gasteiger charge is 2.48. The van der Waals surface area contributed by atoms with Crippen LogP contribution in [0.5, 0.6) is 0 Å². The molecule has 2 aromatic carbocycles. The van der Waals surface area contributed by atoms with E-state index >= 15 is 0 Å². The van der Waals surface area contributed by atoms with E-state index < -0.39 is 0 Å². The van der Waals surface area contributed by atoms with Gasteiger partial charge in [-0.2, -0.15) is 0 Å². The van der Waals surface area contributed by atoms with E-state index in [1.807, 2.05) is 42.5 Å². The maximum absolute atomic E-state index is 12.8. The van der Waals surface area contributed by atoms with E-state index in [0.717, 1.165) is 38.5 Å². The third kappa shape index (κ3) is 6.61. The van der Waals surface area contributed by atoms with Gasteiger partial charge in [-0.25, -0.2) is 9.59 Å². The van der Waals surface area contributed by atoms with Crippen molar-refractivity contribution in [3.63, 3.8) is 0 Å². The van der Waals surface area contributed by atoms with Gasteiger partial charge < -0.3 is 14.6 Å². The van der Waals surface area contributed by atoms with Gasteiger partial charge in [0, 0.05) is 5.92 Å². The van der Waals surface area contributed by atoms with Crippen molar-refractivity contribution in [3.05, 3.63) is 83.9 Å². The Kier molecular flexibility index (Phi) is 8.75. The number of hydrogen-bond donors (Lipinski definition) is 1. The van der Waals surface area contributed by atoms with Crippen LogP contribution in [0.3, 0.4) is 0 Å². The number of esters is 2. The van der Waals surface area contributed by atoms with E-state index in [4.69, 9.17) is 9.47 Å². The minimum atomic E-state index is -0.342. The maximum Gasteiger partial charge on any atom is 0.338 e. The molecular weight excluding hydrogens is 440 g/mol. The summed E-state index contributed by atoms with van der Waals surface area (Å²) in [5, 5.41) is 10.3. The first-order valence-electron chi connectivity index (χ1n) is 12.9.